The third-order valence-electron chi connectivity index (χ3n) is 3.12. The number of hydrogen-bond donors (Lipinski definition) is 1. The van der Waals surface area contributed by atoms with Crippen LogP contribution in [0.25, 0.3) is 0 Å². The Bertz CT molecular complexity index is 515. The molecule has 2 aromatic carbocycles. The molecule has 1 heteroatoms. The van der Waals surface area contributed by atoms with Crippen LogP contribution in [-0.4, -0.2) is 0 Å². The molecule has 2 aromatic rings. The minimum absolute atomic E-state index is 0.612. The van der Waals surface area contributed by atoms with E-state index < -0.39 is 0 Å². The van der Waals surface area contributed by atoms with Crippen LogP contribution in [0.5, 0.6) is 0 Å². The highest BCUT2D eigenvalue weighted by Crippen LogP contribution is 2.16. The minimum atomic E-state index is 0.612. The monoisotopic (exact) mass is 225 g/mol. The average Bonchev–Trinajstić information content (AvgIpc) is 2.33. The Labute approximate surface area is 103 Å². The van der Waals surface area contributed by atoms with Crippen molar-refractivity contribution < 1.29 is 0 Å². The average molecular weight is 225 g/mol. The molecule has 0 saturated heterocycles. The van der Waals surface area contributed by atoms with Crippen LogP contribution in [0.2, 0.25) is 0 Å². The van der Waals surface area contributed by atoms with E-state index in [1.54, 1.807) is 0 Å². The van der Waals surface area contributed by atoms with Gasteiger partial charge < -0.3 is 5.73 Å². The van der Waals surface area contributed by atoms with Crippen LogP contribution in [0.3, 0.4) is 0 Å². The summed E-state index contributed by atoms with van der Waals surface area (Å²) in [5.74, 6) is 0. The van der Waals surface area contributed by atoms with Crippen LogP contribution >= 0.6 is 0 Å². The third-order valence-corrected chi connectivity index (χ3v) is 3.12. The lowest BCUT2D eigenvalue weighted by Gasteiger charge is -2.08. The molecule has 2 N–H and O–H groups in total. The molecule has 88 valence electrons. The van der Waals surface area contributed by atoms with Gasteiger partial charge in [0.25, 0.3) is 0 Å². The van der Waals surface area contributed by atoms with Crippen molar-refractivity contribution in [3.05, 3.63) is 70.3 Å². The van der Waals surface area contributed by atoms with Gasteiger partial charge in [0, 0.05) is 6.54 Å². The van der Waals surface area contributed by atoms with Crippen LogP contribution < -0.4 is 5.73 Å². The summed E-state index contributed by atoms with van der Waals surface area (Å²) in [6, 6.07) is 15.2. The van der Waals surface area contributed by atoms with Crippen LogP contribution in [0.4, 0.5) is 0 Å². The predicted octanol–water partition coefficient (Wildman–Crippen LogP) is 3.35. The molecule has 2 rings (SSSR count). The van der Waals surface area contributed by atoms with Gasteiger partial charge in [0.05, 0.1) is 0 Å². The van der Waals surface area contributed by atoms with E-state index in [9.17, 15) is 0 Å². The molecule has 0 aliphatic rings. The van der Waals surface area contributed by atoms with Crippen molar-refractivity contribution in [1.29, 1.82) is 0 Å². The molecule has 0 bridgehead atoms. The molecule has 0 aliphatic heterocycles. The van der Waals surface area contributed by atoms with Gasteiger partial charge in [0.1, 0.15) is 0 Å². The van der Waals surface area contributed by atoms with Crippen molar-refractivity contribution in [3.8, 4) is 0 Å². The van der Waals surface area contributed by atoms with Crippen LogP contribution in [0.1, 0.15) is 27.8 Å². The number of nitrogens with two attached hydrogens (primary N) is 1. The zero-order chi connectivity index (χ0) is 12.3. The first-order chi connectivity index (χ1) is 8.19. The number of benzene rings is 2. The Balaban J connectivity index is 2.25. The second-order valence-corrected chi connectivity index (χ2v) is 4.63. The van der Waals surface area contributed by atoms with E-state index in [0.717, 1.165) is 6.42 Å². The third kappa shape index (κ3) is 2.95. The standard InChI is InChI=1S/C16H19N/c1-12-6-7-16(13(2)8-12)10-14-4-3-5-15(9-14)11-17/h3-9H,10-11,17H2,1-2H3. The molecule has 1 nitrogen and oxygen atoms in total. The first kappa shape index (κ1) is 11.9. The molecular formula is C16H19N. The summed E-state index contributed by atoms with van der Waals surface area (Å²) in [6.45, 7) is 4.92. The first-order valence-electron chi connectivity index (χ1n) is 6.03. The molecule has 0 unspecified atom stereocenters. The smallest absolute Gasteiger partial charge is 0.0178 e. The molecule has 0 fully saturated rings. The molecule has 17 heavy (non-hydrogen) atoms. The highest BCUT2D eigenvalue weighted by Gasteiger charge is 2.01. The van der Waals surface area contributed by atoms with Gasteiger partial charge in [-0.15, -0.1) is 0 Å². The fourth-order valence-corrected chi connectivity index (χ4v) is 2.13. The van der Waals surface area contributed by atoms with Crippen molar-refractivity contribution in [2.75, 3.05) is 0 Å². The molecule has 0 saturated carbocycles. The Hall–Kier alpha value is -1.60. The molecule has 0 atom stereocenters. The highest BCUT2D eigenvalue weighted by molar-refractivity contribution is 5.35. The summed E-state index contributed by atoms with van der Waals surface area (Å²) in [5.41, 5.74) is 12.3. The summed E-state index contributed by atoms with van der Waals surface area (Å²) in [6.07, 6.45) is 0.986. The topological polar surface area (TPSA) is 26.0 Å². The van der Waals surface area contributed by atoms with E-state index in [2.05, 4.69) is 56.3 Å². The molecule has 0 amide bonds. The highest BCUT2D eigenvalue weighted by atomic mass is 14.5. The SMILES string of the molecule is Cc1ccc(Cc2cccc(CN)c2)c(C)c1. The van der Waals surface area contributed by atoms with Crippen LogP contribution in [0, 0.1) is 13.8 Å². The summed E-state index contributed by atoms with van der Waals surface area (Å²) in [4.78, 5) is 0. The summed E-state index contributed by atoms with van der Waals surface area (Å²) in [7, 11) is 0. The van der Waals surface area contributed by atoms with Crippen LogP contribution in [0.15, 0.2) is 42.5 Å². The number of aryl methyl sites for hydroxylation is 2. The number of hydrogen-bond acceptors (Lipinski definition) is 1. The zero-order valence-corrected chi connectivity index (χ0v) is 10.5. The van der Waals surface area contributed by atoms with E-state index in [1.807, 2.05) is 0 Å². The Morgan fingerprint density at radius 3 is 2.41 bits per heavy atom. The number of rotatable bonds is 3. The lowest BCUT2D eigenvalue weighted by atomic mass is 9.98. The predicted molar refractivity (Wildman–Crippen MR) is 73.1 cm³/mol. The Morgan fingerprint density at radius 2 is 1.71 bits per heavy atom. The van der Waals surface area contributed by atoms with E-state index in [4.69, 9.17) is 5.73 Å². The van der Waals surface area contributed by atoms with E-state index >= 15 is 0 Å². The Kier molecular flexibility index (Phi) is 3.60. The van der Waals surface area contributed by atoms with Crippen molar-refractivity contribution in [2.45, 2.75) is 26.8 Å². The van der Waals surface area contributed by atoms with Crippen molar-refractivity contribution in [1.82, 2.24) is 0 Å². The van der Waals surface area contributed by atoms with E-state index in [1.165, 1.54) is 27.8 Å². The summed E-state index contributed by atoms with van der Waals surface area (Å²) in [5, 5.41) is 0. The van der Waals surface area contributed by atoms with Crippen molar-refractivity contribution in [2.24, 2.45) is 5.73 Å². The minimum Gasteiger partial charge on any atom is -0.326 e. The molecule has 0 heterocycles. The van der Waals surface area contributed by atoms with Gasteiger partial charge in [-0.05, 0) is 42.5 Å². The Morgan fingerprint density at radius 1 is 0.941 bits per heavy atom. The maximum atomic E-state index is 5.66. The molecule has 0 aliphatic carbocycles. The van der Waals surface area contributed by atoms with Gasteiger partial charge in [-0.2, -0.15) is 0 Å². The van der Waals surface area contributed by atoms with Gasteiger partial charge in [-0.25, -0.2) is 0 Å². The lowest BCUT2D eigenvalue weighted by molar-refractivity contribution is 1.05. The van der Waals surface area contributed by atoms with E-state index in [0.29, 0.717) is 6.54 Å². The maximum absolute atomic E-state index is 5.66. The largest absolute Gasteiger partial charge is 0.326 e. The van der Waals surface area contributed by atoms with Gasteiger partial charge in [0.2, 0.25) is 0 Å². The maximum Gasteiger partial charge on any atom is 0.0178 e. The van der Waals surface area contributed by atoms with E-state index in [-0.39, 0.29) is 0 Å². The molecule has 0 aromatic heterocycles. The fourth-order valence-electron chi connectivity index (χ4n) is 2.13. The second-order valence-electron chi connectivity index (χ2n) is 4.63. The van der Waals surface area contributed by atoms with Crippen LogP contribution in [-0.2, 0) is 13.0 Å². The van der Waals surface area contributed by atoms with Gasteiger partial charge in [0.15, 0.2) is 0 Å². The molecule has 0 radical (unpaired) electrons. The summed E-state index contributed by atoms with van der Waals surface area (Å²) >= 11 is 0. The van der Waals surface area contributed by atoms with Gasteiger partial charge >= 0.3 is 0 Å². The van der Waals surface area contributed by atoms with Crippen molar-refractivity contribution >= 4 is 0 Å². The summed E-state index contributed by atoms with van der Waals surface area (Å²) < 4.78 is 0. The first-order valence-corrected chi connectivity index (χ1v) is 6.03. The lowest BCUT2D eigenvalue weighted by Crippen LogP contribution is -1.98. The quantitative estimate of drug-likeness (QED) is 0.851. The second kappa shape index (κ2) is 5.15. The fraction of sp³-hybridized carbons (Fsp3) is 0.250. The van der Waals surface area contributed by atoms with Gasteiger partial charge in [-0.3, -0.25) is 0 Å². The zero-order valence-electron chi connectivity index (χ0n) is 10.5. The molecule has 0 spiro atoms. The molecular weight excluding hydrogens is 206 g/mol. The normalized spacial score (nSPS) is 10.5. The van der Waals surface area contributed by atoms with Crippen molar-refractivity contribution in [3.63, 3.8) is 0 Å². The van der Waals surface area contributed by atoms with Gasteiger partial charge in [-0.1, -0.05) is 48.0 Å².